The molecule has 0 atom stereocenters. The average molecular weight is 467 g/mol. The molecule has 1 fully saturated rings. The van der Waals surface area contributed by atoms with Crippen LogP contribution in [0, 0.1) is 0 Å². The van der Waals surface area contributed by atoms with E-state index in [2.05, 4.69) is 22.4 Å². The molecule has 32 heavy (non-hydrogen) atoms. The van der Waals surface area contributed by atoms with Crippen molar-refractivity contribution in [1.82, 2.24) is 9.21 Å². The Bertz CT molecular complexity index is 1180. The highest BCUT2D eigenvalue weighted by Gasteiger charge is 2.31. The van der Waals surface area contributed by atoms with Crippen LogP contribution in [-0.2, 0) is 10.0 Å². The van der Waals surface area contributed by atoms with Crippen LogP contribution in [0.25, 0.3) is 5.70 Å². The van der Waals surface area contributed by atoms with Crippen LogP contribution in [-0.4, -0.2) is 43.0 Å². The van der Waals surface area contributed by atoms with Gasteiger partial charge < -0.3 is 4.90 Å². The summed E-state index contributed by atoms with van der Waals surface area (Å²) in [6.45, 7) is 2.04. The van der Waals surface area contributed by atoms with Gasteiger partial charge in [-0.2, -0.15) is 4.31 Å². The zero-order valence-corrected chi connectivity index (χ0v) is 19.5. The number of Topliss-reactive ketones (excluding diaryl/α,β-unsaturated/α-hetero) is 1. The summed E-state index contributed by atoms with van der Waals surface area (Å²) in [6, 6.07) is 16.8. The molecule has 3 heterocycles. The van der Waals surface area contributed by atoms with Crippen molar-refractivity contribution in [1.29, 1.82) is 0 Å². The number of carbonyl (C=O) groups is 1. The first-order valence-electron chi connectivity index (χ1n) is 11.1. The quantitative estimate of drug-likeness (QED) is 0.574. The lowest BCUT2D eigenvalue weighted by atomic mass is 10.00. The Labute approximate surface area is 193 Å². The summed E-state index contributed by atoms with van der Waals surface area (Å²) in [5.41, 5.74) is 3.67. The van der Waals surface area contributed by atoms with Crippen LogP contribution in [0.15, 0.2) is 75.5 Å². The van der Waals surface area contributed by atoms with Gasteiger partial charge in [-0.3, -0.25) is 4.79 Å². The second kappa shape index (κ2) is 8.89. The van der Waals surface area contributed by atoms with Crippen LogP contribution in [0.3, 0.4) is 0 Å². The van der Waals surface area contributed by atoms with Crippen LogP contribution in [0.1, 0.15) is 48.0 Å². The third-order valence-electron chi connectivity index (χ3n) is 6.30. The van der Waals surface area contributed by atoms with Crippen molar-refractivity contribution in [2.75, 3.05) is 19.6 Å². The molecule has 166 valence electrons. The molecule has 0 aromatic heterocycles. The van der Waals surface area contributed by atoms with E-state index in [0.29, 0.717) is 18.7 Å². The van der Waals surface area contributed by atoms with Gasteiger partial charge in [0.15, 0.2) is 5.78 Å². The van der Waals surface area contributed by atoms with Gasteiger partial charge >= 0.3 is 0 Å². The SMILES string of the molecule is O=C(C1=C2SC=C(c3ccccc3)N2CCCC1)c1ccc(S(=O)(=O)N2CCCC2)cc1. The van der Waals surface area contributed by atoms with Gasteiger partial charge in [-0.05, 0) is 61.9 Å². The third kappa shape index (κ3) is 3.93. The minimum Gasteiger partial charge on any atom is -0.335 e. The molecule has 5 nitrogen and oxygen atoms in total. The summed E-state index contributed by atoms with van der Waals surface area (Å²) >= 11 is 1.62. The number of rotatable bonds is 5. The fourth-order valence-electron chi connectivity index (χ4n) is 4.56. The number of hydrogen-bond acceptors (Lipinski definition) is 5. The van der Waals surface area contributed by atoms with Gasteiger partial charge in [-0.15, -0.1) is 0 Å². The molecule has 2 aromatic carbocycles. The van der Waals surface area contributed by atoms with Crippen molar-refractivity contribution < 1.29 is 13.2 Å². The van der Waals surface area contributed by atoms with E-state index in [9.17, 15) is 13.2 Å². The van der Waals surface area contributed by atoms with Crippen molar-refractivity contribution in [3.05, 3.63) is 81.7 Å². The predicted molar refractivity (Wildman–Crippen MR) is 128 cm³/mol. The van der Waals surface area contributed by atoms with E-state index in [1.54, 1.807) is 36.0 Å². The first-order valence-corrected chi connectivity index (χ1v) is 13.5. The maximum atomic E-state index is 13.5. The second-order valence-corrected chi connectivity index (χ2v) is 11.1. The Kier molecular flexibility index (Phi) is 5.97. The molecular formula is C25H26N2O3S2. The van der Waals surface area contributed by atoms with Crippen molar-refractivity contribution in [2.45, 2.75) is 37.0 Å². The molecule has 3 aliphatic heterocycles. The summed E-state index contributed by atoms with van der Waals surface area (Å²) in [4.78, 5) is 16.0. The number of thioether (sulfide) groups is 1. The van der Waals surface area contributed by atoms with E-state index in [1.165, 1.54) is 4.31 Å². The first kappa shape index (κ1) is 21.5. The van der Waals surface area contributed by atoms with Gasteiger partial charge in [0, 0.05) is 36.2 Å². The number of ketones is 1. The zero-order chi connectivity index (χ0) is 22.1. The topological polar surface area (TPSA) is 57.7 Å². The Morgan fingerprint density at radius 1 is 0.844 bits per heavy atom. The number of nitrogens with zero attached hydrogens (tertiary/aromatic N) is 2. The predicted octanol–water partition coefficient (Wildman–Crippen LogP) is 5.10. The van der Waals surface area contributed by atoms with E-state index in [4.69, 9.17) is 0 Å². The third-order valence-corrected chi connectivity index (χ3v) is 9.24. The molecular weight excluding hydrogens is 440 g/mol. The van der Waals surface area contributed by atoms with Crippen LogP contribution in [0.5, 0.6) is 0 Å². The largest absolute Gasteiger partial charge is 0.335 e. The van der Waals surface area contributed by atoms with Crippen molar-refractivity contribution in [3.63, 3.8) is 0 Å². The van der Waals surface area contributed by atoms with E-state index in [-0.39, 0.29) is 10.7 Å². The number of carbonyl (C=O) groups excluding carboxylic acids is 1. The zero-order valence-electron chi connectivity index (χ0n) is 17.9. The normalized spacial score (nSPS) is 19.6. The molecule has 7 heteroatoms. The average Bonchev–Trinajstić information content (AvgIpc) is 3.47. The molecule has 0 N–H and O–H groups in total. The molecule has 0 radical (unpaired) electrons. The van der Waals surface area contributed by atoms with Crippen LogP contribution in [0.4, 0.5) is 0 Å². The van der Waals surface area contributed by atoms with Gasteiger partial charge in [0.05, 0.1) is 15.6 Å². The van der Waals surface area contributed by atoms with Crippen molar-refractivity contribution >= 4 is 33.3 Å². The van der Waals surface area contributed by atoms with E-state index in [1.807, 2.05) is 18.2 Å². The van der Waals surface area contributed by atoms with Gasteiger partial charge in [0.2, 0.25) is 10.0 Å². The summed E-state index contributed by atoms with van der Waals surface area (Å²) in [7, 11) is -3.47. The molecule has 3 aliphatic rings. The van der Waals surface area contributed by atoms with Gasteiger partial charge in [0.1, 0.15) is 0 Å². The summed E-state index contributed by atoms with van der Waals surface area (Å²) < 4.78 is 27.1. The van der Waals surface area contributed by atoms with Gasteiger partial charge in [-0.25, -0.2) is 8.42 Å². The first-order chi connectivity index (χ1) is 15.6. The minimum atomic E-state index is -3.47. The Morgan fingerprint density at radius 3 is 2.25 bits per heavy atom. The van der Waals surface area contributed by atoms with E-state index < -0.39 is 10.0 Å². The molecule has 0 bridgehead atoms. The molecule has 5 rings (SSSR count). The number of hydrogen-bond donors (Lipinski definition) is 0. The number of fused-ring (bicyclic) bond motifs is 1. The number of allylic oxidation sites excluding steroid dienone is 1. The van der Waals surface area contributed by atoms with Gasteiger partial charge in [0.25, 0.3) is 0 Å². The number of sulfonamides is 1. The van der Waals surface area contributed by atoms with Crippen LogP contribution >= 0.6 is 11.8 Å². The second-order valence-electron chi connectivity index (χ2n) is 8.34. The fourth-order valence-corrected chi connectivity index (χ4v) is 7.21. The number of benzene rings is 2. The van der Waals surface area contributed by atoms with Crippen LogP contribution < -0.4 is 0 Å². The maximum Gasteiger partial charge on any atom is 0.243 e. The monoisotopic (exact) mass is 466 g/mol. The molecule has 0 aliphatic carbocycles. The van der Waals surface area contributed by atoms with Crippen molar-refractivity contribution in [2.24, 2.45) is 0 Å². The Balaban J connectivity index is 1.42. The standard InChI is InChI=1S/C25H26N2O3S2/c28-24(20-11-13-21(14-12-20)32(29,30)26-15-6-7-16-26)22-10-4-5-17-27-23(18-31-25(22)27)19-8-2-1-3-9-19/h1-3,8-9,11-14,18H,4-7,10,15-17H2. The lowest BCUT2D eigenvalue weighted by Gasteiger charge is -2.23. The molecule has 0 saturated carbocycles. The Hall–Kier alpha value is -2.35. The lowest BCUT2D eigenvalue weighted by Crippen LogP contribution is -2.27. The molecule has 0 unspecified atom stereocenters. The molecule has 0 spiro atoms. The molecule has 2 aromatic rings. The highest BCUT2D eigenvalue weighted by atomic mass is 32.2. The lowest BCUT2D eigenvalue weighted by molar-refractivity contribution is 0.102. The maximum absolute atomic E-state index is 13.5. The summed E-state index contributed by atoms with van der Waals surface area (Å²) in [5.74, 6) is -0.00719. The van der Waals surface area contributed by atoms with E-state index in [0.717, 1.165) is 60.5 Å². The van der Waals surface area contributed by atoms with Gasteiger partial charge in [-0.1, -0.05) is 42.1 Å². The summed E-state index contributed by atoms with van der Waals surface area (Å²) in [6.07, 6.45) is 4.53. The highest BCUT2D eigenvalue weighted by Crippen LogP contribution is 2.44. The highest BCUT2D eigenvalue weighted by molar-refractivity contribution is 8.06. The van der Waals surface area contributed by atoms with Crippen molar-refractivity contribution in [3.8, 4) is 0 Å². The molecule has 1 saturated heterocycles. The minimum absolute atomic E-state index is 0.00719. The smallest absolute Gasteiger partial charge is 0.243 e. The van der Waals surface area contributed by atoms with Crippen LogP contribution in [0.2, 0.25) is 0 Å². The Morgan fingerprint density at radius 2 is 1.53 bits per heavy atom. The fraction of sp³-hybridized carbons (Fsp3) is 0.320. The van der Waals surface area contributed by atoms with E-state index >= 15 is 0 Å². The molecule has 0 amide bonds. The summed E-state index contributed by atoms with van der Waals surface area (Å²) in [5, 5.41) is 3.15.